The van der Waals surface area contributed by atoms with Crippen molar-refractivity contribution in [3.63, 3.8) is 0 Å². The van der Waals surface area contributed by atoms with Crippen LogP contribution in [0.25, 0.3) is 0 Å². The molecule has 2 unspecified atom stereocenters. The van der Waals surface area contributed by atoms with E-state index >= 15 is 0 Å². The van der Waals surface area contributed by atoms with Gasteiger partial charge in [-0.1, -0.05) is 31.4 Å². The average molecular weight is 175 g/mol. The van der Waals surface area contributed by atoms with Crippen molar-refractivity contribution in [2.24, 2.45) is 5.92 Å². The number of allylic oxidation sites excluding steroid dienone is 1. The van der Waals surface area contributed by atoms with Gasteiger partial charge in [-0.05, 0) is 12.3 Å². The highest BCUT2D eigenvalue weighted by molar-refractivity contribution is 6.80. The average Bonchev–Trinajstić information content (AvgIpc) is 2.40. The third-order valence-corrected chi connectivity index (χ3v) is 3.30. The van der Waals surface area contributed by atoms with Gasteiger partial charge in [0.1, 0.15) is 0 Å². The lowest BCUT2D eigenvalue weighted by molar-refractivity contribution is 1.13. The first-order valence-corrected chi connectivity index (χ1v) is 7.84. The van der Waals surface area contributed by atoms with Gasteiger partial charge in [-0.2, -0.15) is 0 Å². The van der Waals surface area contributed by atoms with Gasteiger partial charge >= 0.3 is 0 Å². The van der Waals surface area contributed by atoms with E-state index in [1.54, 1.807) is 0 Å². The minimum absolute atomic E-state index is 0.451. The predicted molar refractivity (Wildman–Crippen MR) is 50.2 cm³/mol. The Bertz CT molecular complexity index is 146. The van der Waals surface area contributed by atoms with Crippen molar-refractivity contribution in [3.05, 3.63) is 11.8 Å². The number of alkyl halides is 1. The number of hydrogen-bond donors (Lipinski definition) is 0. The van der Waals surface area contributed by atoms with Crippen LogP contribution < -0.4 is 0 Å². The summed E-state index contributed by atoms with van der Waals surface area (Å²) in [6, 6.07) is 0. The molecule has 2 atom stereocenters. The van der Waals surface area contributed by atoms with Crippen LogP contribution in [0.5, 0.6) is 0 Å². The molecule has 0 aliphatic heterocycles. The van der Waals surface area contributed by atoms with Crippen LogP contribution in [-0.4, -0.2) is 13.5 Å². The van der Waals surface area contributed by atoms with Crippen LogP contribution in [0.15, 0.2) is 11.8 Å². The molecule has 0 heterocycles. The van der Waals surface area contributed by atoms with Gasteiger partial charge in [0.15, 0.2) is 0 Å². The standard InChI is InChI=1S/C8H15ClSi/c1-10(2,3)5-4-7-6-8(7)9/h4-5,7-8H,6H2,1-3H3/b5-4+. The number of hydrogen-bond acceptors (Lipinski definition) is 0. The van der Waals surface area contributed by atoms with E-state index in [2.05, 4.69) is 31.4 Å². The molecule has 1 aliphatic carbocycles. The van der Waals surface area contributed by atoms with E-state index in [0.29, 0.717) is 11.3 Å². The Hall–Kier alpha value is 0.247. The highest BCUT2D eigenvalue weighted by atomic mass is 35.5. The van der Waals surface area contributed by atoms with E-state index in [1.165, 1.54) is 6.42 Å². The summed E-state index contributed by atoms with van der Waals surface area (Å²) in [6.45, 7) is 7.03. The van der Waals surface area contributed by atoms with Crippen LogP contribution >= 0.6 is 11.6 Å². The largest absolute Gasteiger partial charge is 0.122 e. The maximum Gasteiger partial charge on any atom is 0.0683 e. The maximum absolute atomic E-state index is 5.84. The van der Waals surface area contributed by atoms with Crippen molar-refractivity contribution in [1.29, 1.82) is 0 Å². The molecular weight excluding hydrogens is 160 g/mol. The molecule has 58 valence electrons. The molecule has 0 aromatic rings. The topological polar surface area (TPSA) is 0 Å². The van der Waals surface area contributed by atoms with E-state index in [9.17, 15) is 0 Å². The quantitative estimate of drug-likeness (QED) is 0.446. The van der Waals surface area contributed by atoms with Gasteiger partial charge in [-0.25, -0.2) is 0 Å². The number of halogens is 1. The lowest BCUT2D eigenvalue weighted by Gasteiger charge is -2.07. The summed E-state index contributed by atoms with van der Waals surface area (Å²) in [5, 5.41) is 0.451. The highest BCUT2D eigenvalue weighted by Gasteiger charge is 2.32. The molecule has 10 heavy (non-hydrogen) atoms. The van der Waals surface area contributed by atoms with E-state index < -0.39 is 8.07 Å². The van der Waals surface area contributed by atoms with E-state index in [4.69, 9.17) is 11.6 Å². The zero-order valence-electron chi connectivity index (χ0n) is 6.89. The maximum atomic E-state index is 5.84. The van der Waals surface area contributed by atoms with Crippen LogP contribution in [0.4, 0.5) is 0 Å². The first-order valence-electron chi connectivity index (χ1n) is 3.82. The normalized spacial score (nSPS) is 33.2. The lowest BCUT2D eigenvalue weighted by atomic mass is 10.4. The zero-order chi connectivity index (χ0) is 7.78. The fourth-order valence-electron chi connectivity index (χ4n) is 0.793. The Balaban J connectivity index is 2.31. The molecule has 1 fully saturated rings. The first-order chi connectivity index (χ1) is 4.49. The molecule has 0 spiro atoms. The van der Waals surface area contributed by atoms with E-state index in [0.717, 1.165) is 0 Å². The molecule has 0 saturated heterocycles. The van der Waals surface area contributed by atoms with Crippen molar-refractivity contribution in [3.8, 4) is 0 Å². The smallest absolute Gasteiger partial charge is 0.0683 e. The molecule has 0 nitrogen and oxygen atoms in total. The Labute approximate surface area is 69.3 Å². The van der Waals surface area contributed by atoms with Crippen LogP contribution in [0.1, 0.15) is 6.42 Å². The van der Waals surface area contributed by atoms with Crippen molar-refractivity contribution in [1.82, 2.24) is 0 Å². The van der Waals surface area contributed by atoms with E-state index in [1.807, 2.05) is 0 Å². The summed E-state index contributed by atoms with van der Waals surface area (Å²) >= 11 is 5.84. The molecule has 0 amide bonds. The fourth-order valence-corrected chi connectivity index (χ4v) is 1.91. The van der Waals surface area contributed by atoms with Gasteiger partial charge < -0.3 is 0 Å². The second kappa shape index (κ2) is 2.71. The van der Waals surface area contributed by atoms with Crippen molar-refractivity contribution < 1.29 is 0 Å². The highest BCUT2D eigenvalue weighted by Crippen LogP contribution is 2.37. The van der Waals surface area contributed by atoms with E-state index in [-0.39, 0.29) is 0 Å². The summed E-state index contributed by atoms with van der Waals surface area (Å²) in [6.07, 6.45) is 3.51. The third-order valence-electron chi connectivity index (χ3n) is 1.60. The second-order valence-electron chi connectivity index (χ2n) is 4.14. The third kappa shape index (κ3) is 2.89. The summed E-state index contributed by atoms with van der Waals surface area (Å²) in [5.41, 5.74) is 2.39. The molecule has 2 heteroatoms. The molecule has 1 saturated carbocycles. The summed E-state index contributed by atoms with van der Waals surface area (Å²) in [7, 11) is -0.949. The van der Waals surface area contributed by atoms with Crippen LogP contribution in [0.2, 0.25) is 19.6 Å². The predicted octanol–water partition coefficient (Wildman–Crippen LogP) is 3.05. The van der Waals surface area contributed by atoms with Crippen molar-refractivity contribution in [2.75, 3.05) is 0 Å². The molecule has 1 rings (SSSR count). The molecule has 0 N–H and O–H groups in total. The lowest BCUT2D eigenvalue weighted by Crippen LogP contribution is -2.15. The minimum atomic E-state index is -0.949. The fraction of sp³-hybridized carbons (Fsp3) is 0.750. The monoisotopic (exact) mass is 174 g/mol. The molecular formula is C8H15ClSi. The molecule has 0 bridgehead atoms. The Morgan fingerprint density at radius 2 is 1.90 bits per heavy atom. The zero-order valence-corrected chi connectivity index (χ0v) is 8.65. The van der Waals surface area contributed by atoms with Gasteiger partial charge in [0.25, 0.3) is 0 Å². The Morgan fingerprint density at radius 1 is 1.40 bits per heavy atom. The summed E-state index contributed by atoms with van der Waals surface area (Å²) in [5.74, 6) is 0.702. The molecule has 0 radical (unpaired) electrons. The Morgan fingerprint density at radius 3 is 2.20 bits per heavy atom. The van der Waals surface area contributed by atoms with Gasteiger partial charge in [0, 0.05) is 5.38 Å². The summed E-state index contributed by atoms with van der Waals surface area (Å²) < 4.78 is 0. The van der Waals surface area contributed by atoms with Gasteiger partial charge in [0.05, 0.1) is 8.07 Å². The molecule has 1 aliphatic rings. The molecule has 0 aromatic heterocycles. The van der Waals surface area contributed by atoms with Gasteiger partial charge in [-0.15, -0.1) is 11.6 Å². The van der Waals surface area contributed by atoms with Crippen molar-refractivity contribution in [2.45, 2.75) is 31.4 Å². The minimum Gasteiger partial charge on any atom is -0.122 e. The van der Waals surface area contributed by atoms with Gasteiger partial charge in [0.2, 0.25) is 0 Å². The SMILES string of the molecule is C[Si](C)(C)/C=C/C1CC1Cl. The van der Waals surface area contributed by atoms with Gasteiger partial charge in [-0.3, -0.25) is 0 Å². The van der Waals surface area contributed by atoms with Crippen molar-refractivity contribution >= 4 is 19.7 Å². The number of rotatable bonds is 2. The first kappa shape index (κ1) is 8.34. The van der Waals surface area contributed by atoms with Crippen LogP contribution in [0.3, 0.4) is 0 Å². The second-order valence-corrected chi connectivity index (χ2v) is 9.77. The summed E-state index contributed by atoms with van der Waals surface area (Å²) in [4.78, 5) is 0. The van der Waals surface area contributed by atoms with Crippen LogP contribution in [0, 0.1) is 5.92 Å². The van der Waals surface area contributed by atoms with Crippen LogP contribution in [-0.2, 0) is 0 Å². The molecule has 0 aromatic carbocycles. The Kier molecular flexibility index (Phi) is 2.26.